The fraction of sp³-hybridized carbons (Fsp3) is 0.00917. The number of rotatable bonds is 20. The Kier molecular flexibility index (Phi) is 26.5. The number of nitrogens with zero attached hydrogens (tertiary/aromatic N) is 8. The summed E-state index contributed by atoms with van der Waals surface area (Å²) in [5.74, 6) is -0.251. The lowest BCUT2D eigenvalue weighted by molar-refractivity contribution is 0.628. The van der Waals surface area contributed by atoms with Gasteiger partial charge in [-0.1, -0.05) is 390 Å². The SMILES string of the molecule is Cc1ccc(-c2nc(-c3ccccc3)c(N(c3ccccc3)c3ccccc3)s2)cc1.Clc1ccc(-c2nc(-c3ccc(Cl)cc3)c(N(c3ccccc3)c3ccccc3)s2)cc1.Fc1ccc(-c2nc(-c3ccccc3)c(N(c3ccccc3)c3ccccc3)s2)cc1.c1ccc(-c2nc(-c3ccccc3)c(N(c3ccccc3)c3ccccc3)s2)cc1. The van der Waals surface area contributed by atoms with Gasteiger partial charge in [0.2, 0.25) is 0 Å². The van der Waals surface area contributed by atoms with Crippen molar-refractivity contribution in [3.05, 3.63) is 482 Å². The molecule has 15 heteroatoms. The molecule has 20 aromatic rings. The van der Waals surface area contributed by atoms with Crippen molar-refractivity contribution in [2.45, 2.75) is 6.92 Å². The summed E-state index contributed by atoms with van der Waals surface area (Å²) in [4.78, 5) is 29.4. The van der Waals surface area contributed by atoms with Crippen LogP contribution in [0.4, 0.5) is 69.9 Å². The van der Waals surface area contributed by atoms with Crippen LogP contribution in [-0.2, 0) is 0 Å². The fourth-order valence-electron chi connectivity index (χ4n) is 14.1. The van der Waals surface area contributed by atoms with Gasteiger partial charge in [-0.15, -0.1) is 0 Å². The summed E-state index contributed by atoms with van der Waals surface area (Å²) < 4.78 is 13.5. The van der Waals surface area contributed by atoms with Gasteiger partial charge in [-0.05, 0) is 153 Å². The summed E-state index contributed by atoms with van der Waals surface area (Å²) in [5.41, 5.74) is 22.2. The van der Waals surface area contributed by atoms with Crippen LogP contribution in [0.25, 0.3) is 87.3 Å². The Bertz CT molecular complexity index is 6350. The summed E-state index contributed by atoms with van der Waals surface area (Å²) in [6, 6.07) is 155. The highest BCUT2D eigenvalue weighted by atomic mass is 35.5. The molecule has 8 nitrogen and oxygen atoms in total. The maximum atomic E-state index is 13.5. The third kappa shape index (κ3) is 19.7. The first-order valence-corrected chi connectivity index (χ1v) is 44.4. The van der Waals surface area contributed by atoms with Gasteiger partial charge in [-0.25, -0.2) is 24.3 Å². The molecule has 0 saturated heterocycles. The van der Waals surface area contributed by atoms with E-state index in [0.717, 1.165) is 153 Å². The quantitative estimate of drug-likeness (QED) is 0.0748. The molecule has 0 bridgehead atoms. The van der Waals surface area contributed by atoms with Crippen LogP contribution in [0.5, 0.6) is 0 Å². The molecule has 124 heavy (non-hydrogen) atoms. The third-order valence-electron chi connectivity index (χ3n) is 20.1. The van der Waals surface area contributed by atoms with Crippen molar-refractivity contribution in [1.82, 2.24) is 19.9 Å². The number of hydrogen-bond acceptors (Lipinski definition) is 12. The van der Waals surface area contributed by atoms with Crippen molar-refractivity contribution in [1.29, 1.82) is 0 Å². The van der Waals surface area contributed by atoms with E-state index in [4.69, 9.17) is 43.1 Å². The van der Waals surface area contributed by atoms with Gasteiger partial charge in [-0.2, -0.15) is 0 Å². The maximum Gasteiger partial charge on any atom is 0.129 e. The first kappa shape index (κ1) is 82.1. The zero-order chi connectivity index (χ0) is 84.2. The molecule has 0 amide bonds. The van der Waals surface area contributed by atoms with Crippen LogP contribution in [0.15, 0.2) is 461 Å². The largest absolute Gasteiger partial charge is 0.300 e. The van der Waals surface area contributed by atoms with Crippen molar-refractivity contribution in [3.63, 3.8) is 0 Å². The van der Waals surface area contributed by atoms with Crippen LogP contribution in [0.3, 0.4) is 0 Å². The standard InChI is InChI=1S/C28H22N2S.C27H18Cl2N2S.C27H19FN2S.C27H20N2S/c1-21-17-19-23(20-18-21)27-29-26(22-11-5-2-6-12-22)28(31-27)30(24-13-7-3-8-14-24)25-15-9-4-10-16-25;28-21-15-11-19(12-16-21)25-27(32-26(30-25)20-13-17-22(29)18-14-20)31(23-7-3-1-4-8-23)24-9-5-2-6-10-24;28-22-18-16-21(17-19-22)26-29-25(20-10-4-1-5-11-20)27(31-26)30(23-12-6-2-7-13-23)24-14-8-3-9-15-24;1-5-13-21(14-6-1)25-27(30-26(28-25)22-15-7-2-8-16-22)29(23-17-9-3-10-18-23)24-19-11-4-12-20-24/h2-20H,1H3;1-18H;1-19H;1-20H. The number of halogens is 3. The smallest absolute Gasteiger partial charge is 0.129 e. The van der Waals surface area contributed by atoms with Gasteiger partial charge in [0.05, 0.1) is 0 Å². The van der Waals surface area contributed by atoms with E-state index >= 15 is 0 Å². The van der Waals surface area contributed by atoms with Crippen LogP contribution in [0.1, 0.15) is 5.56 Å². The minimum absolute atomic E-state index is 0.251. The summed E-state index contributed by atoms with van der Waals surface area (Å²) >= 11 is 19.0. The van der Waals surface area contributed by atoms with Crippen molar-refractivity contribution >= 4 is 134 Å². The zero-order valence-corrected chi connectivity index (χ0v) is 72.0. The highest BCUT2D eigenvalue weighted by Gasteiger charge is 2.28. The Balaban J connectivity index is 0.000000117. The van der Waals surface area contributed by atoms with Crippen molar-refractivity contribution in [3.8, 4) is 87.3 Å². The lowest BCUT2D eigenvalue weighted by Gasteiger charge is -2.24. The molecule has 4 heterocycles. The van der Waals surface area contributed by atoms with Crippen molar-refractivity contribution in [2.75, 3.05) is 19.6 Å². The molecule has 0 aliphatic carbocycles. The molecule has 600 valence electrons. The van der Waals surface area contributed by atoms with Crippen LogP contribution in [-0.4, -0.2) is 19.9 Å². The highest BCUT2D eigenvalue weighted by molar-refractivity contribution is 7.21. The van der Waals surface area contributed by atoms with E-state index in [1.54, 1.807) is 57.5 Å². The second kappa shape index (κ2) is 40.0. The number of thiazole rings is 4. The molecule has 0 spiro atoms. The summed E-state index contributed by atoms with van der Waals surface area (Å²) in [7, 11) is 0. The minimum Gasteiger partial charge on any atom is -0.300 e. The van der Waals surface area contributed by atoms with Crippen LogP contribution >= 0.6 is 68.5 Å². The molecule has 16 aromatic carbocycles. The second-order valence-corrected chi connectivity index (χ2v) is 33.4. The number of benzene rings is 16. The Morgan fingerprint density at radius 1 is 0.194 bits per heavy atom. The van der Waals surface area contributed by atoms with Gasteiger partial charge in [-0.3, -0.25) is 0 Å². The van der Waals surface area contributed by atoms with Crippen LogP contribution in [0.2, 0.25) is 10.0 Å². The molecule has 0 N–H and O–H groups in total. The highest BCUT2D eigenvalue weighted by Crippen LogP contribution is 2.52. The van der Waals surface area contributed by atoms with Gasteiger partial charge in [0.1, 0.15) is 68.6 Å². The number of anilines is 12. The third-order valence-corrected chi connectivity index (χ3v) is 25.0. The van der Waals surface area contributed by atoms with Gasteiger partial charge in [0, 0.05) is 100 Å². The normalized spacial score (nSPS) is 10.7. The molecule has 0 aliphatic heterocycles. The van der Waals surface area contributed by atoms with E-state index in [9.17, 15) is 4.39 Å². The van der Waals surface area contributed by atoms with Gasteiger partial charge >= 0.3 is 0 Å². The molecule has 0 atom stereocenters. The van der Waals surface area contributed by atoms with Crippen molar-refractivity contribution in [2.24, 2.45) is 0 Å². The molecule has 0 aliphatic rings. The first-order chi connectivity index (χ1) is 61.2. The Hall–Kier alpha value is -14.3. The van der Waals surface area contributed by atoms with Crippen molar-refractivity contribution < 1.29 is 4.39 Å². The zero-order valence-electron chi connectivity index (χ0n) is 67.2. The summed E-state index contributed by atoms with van der Waals surface area (Å²) in [5, 5.41) is 9.50. The lowest BCUT2D eigenvalue weighted by Crippen LogP contribution is -2.09. The molecular weight excluding hydrogens is 1640 g/mol. The average molecular weight is 1720 g/mol. The first-order valence-electron chi connectivity index (χ1n) is 40.4. The van der Waals surface area contributed by atoms with E-state index in [2.05, 4.69) is 293 Å². The molecule has 0 unspecified atom stereocenters. The number of aromatic nitrogens is 4. The Morgan fingerprint density at radius 2 is 0.355 bits per heavy atom. The van der Waals surface area contributed by atoms with Crippen LogP contribution in [0, 0.1) is 12.7 Å². The molecule has 0 fully saturated rings. The monoisotopic (exact) mass is 1720 g/mol. The van der Waals surface area contributed by atoms with E-state index < -0.39 is 0 Å². The topological polar surface area (TPSA) is 64.5 Å². The fourth-order valence-corrected chi connectivity index (χ4v) is 18.9. The molecule has 0 radical (unpaired) electrons. The van der Waals surface area contributed by atoms with E-state index in [1.165, 1.54) is 17.7 Å². The number of aryl methyl sites for hydroxylation is 1. The second-order valence-electron chi connectivity index (χ2n) is 28.6. The molecule has 20 rings (SSSR count). The predicted octanol–water partition coefficient (Wildman–Crippen LogP) is 33.5. The Morgan fingerprint density at radius 3 is 0.573 bits per heavy atom. The van der Waals surface area contributed by atoms with Gasteiger partial charge < -0.3 is 19.6 Å². The molecule has 0 saturated carbocycles. The van der Waals surface area contributed by atoms with Crippen LogP contribution < -0.4 is 19.6 Å². The number of para-hydroxylation sites is 8. The Labute approximate surface area is 748 Å². The number of hydrogen-bond donors (Lipinski definition) is 0. The molecular formula is C109H79Cl2FN8S4. The maximum absolute atomic E-state index is 13.5. The summed E-state index contributed by atoms with van der Waals surface area (Å²) in [6.45, 7) is 2.11. The average Bonchev–Trinajstić information content (AvgIpc) is 1.63. The van der Waals surface area contributed by atoms with E-state index in [-0.39, 0.29) is 5.82 Å². The minimum atomic E-state index is -0.251. The van der Waals surface area contributed by atoms with E-state index in [1.807, 2.05) is 170 Å². The van der Waals surface area contributed by atoms with Gasteiger partial charge in [0.25, 0.3) is 0 Å². The summed E-state index contributed by atoms with van der Waals surface area (Å²) in [6.07, 6.45) is 0. The van der Waals surface area contributed by atoms with E-state index in [0.29, 0.717) is 10.0 Å². The van der Waals surface area contributed by atoms with Gasteiger partial charge in [0.15, 0.2) is 0 Å². The lowest BCUT2D eigenvalue weighted by atomic mass is 10.1. The molecule has 4 aromatic heterocycles. The predicted molar refractivity (Wildman–Crippen MR) is 525 cm³/mol.